The summed E-state index contributed by atoms with van der Waals surface area (Å²) in [5.41, 5.74) is 5.71. The van der Waals surface area contributed by atoms with Gasteiger partial charge in [-0.25, -0.2) is 19.7 Å². The Morgan fingerprint density at radius 1 is 0.957 bits per heavy atom. The number of carbonyl (C=O) groups is 2. The van der Waals surface area contributed by atoms with Gasteiger partial charge in [-0.05, 0) is 77.1 Å². The number of ether oxygens (including phenoxy) is 1. The number of anilines is 2. The van der Waals surface area contributed by atoms with Gasteiger partial charge in [-0.1, -0.05) is 56.3 Å². The Morgan fingerprint density at radius 3 is 2.54 bits per heavy atom. The molecule has 2 atom stereocenters. The molecule has 232 valence electrons. The quantitative estimate of drug-likeness (QED) is 0.164. The number of nitrogens with zero attached hydrogens (tertiary/aromatic N) is 4. The lowest BCUT2D eigenvalue weighted by Crippen LogP contribution is -2.51. The van der Waals surface area contributed by atoms with Crippen LogP contribution in [0.5, 0.6) is 0 Å². The molecule has 0 unspecified atom stereocenters. The first-order valence-electron chi connectivity index (χ1n) is 15.5. The molecule has 2 amide bonds. The molecule has 0 bridgehead atoms. The van der Waals surface area contributed by atoms with Gasteiger partial charge in [0.15, 0.2) is 0 Å². The highest BCUT2D eigenvalue weighted by Gasteiger charge is 2.37. The second-order valence-electron chi connectivity index (χ2n) is 12.0. The van der Waals surface area contributed by atoms with E-state index in [9.17, 15) is 9.59 Å². The molecule has 3 N–H and O–H groups in total. The van der Waals surface area contributed by atoms with Gasteiger partial charge in [0.2, 0.25) is 5.91 Å². The third kappa shape index (κ3) is 5.47. The predicted molar refractivity (Wildman–Crippen MR) is 180 cm³/mol. The van der Waals surface area contributed by atoms with Crippen LogP contribution in [-0.4, -0.2) is 56.5 Å². The normalized spacial score (nSPS) is 15.5. The number of fused-ring (bicyclic) bond motifs is 4. The fraction of sp³-hybridized carbons (Fsp3) is 0.250. The molecule has 3 heterocycles. The Morgan fingerprint density at radius 2 is 1.74 bits per heavy atom. The number of carbonyl (C=O) groups excluding carboxylic acids is 2. The Labute approximate surface area is 266 Å². The number of rotatable bonds is 7. The van der Waals surface area contributed by atoms with E-state index >= 15 is 0 Å². The number of hydrogen-bond acceptors (Lipinski definition) is 7. The van der Waals surface area contributed by atoms with Crippen LogP contribution in [0.25, 0.3) is 43.8 Å². The van der Waals surface area contributed by atoms with Gasteiger partial charge in [0.05, 0.1) is 35.1 Å². The SMILES string of the molecule is COC(=O)N[C@H](C(=O)N1CCC[C@H]1c1nc2ccc(-c3ccc4c(ccc5ncnc(Nc6ccccc6)c54)c3)cc2[nH]1)C(C)C. The summed E-state index contributed by atoms with van der Waals surface area (Å²) in [6.07, 6.45) is 2.63. The lowest BCUT2D eigenvalue weighted by molar-refractivity contribution is -0.135. The van der Waals surface area contributed by atoms with Crippen LogP contribution in [0.4, 0.5) is 16.3 Å². The van der Waals surface area contributed by atoms with Crippen LogP contribution in [0, 0.1) is 5.92 Å². The molecule has 6 aromatic rings. The maximum Gasteiger partial charge on any atom is 0.407 e. The van der Waals surface area contributed by atoms with E-state index in [0.717, 1.165) is 74.0 Å². The highest BCUT2D eigenvalue weighted by molar-refractivity contribution is 6.12. The average molecular weight is 614 g/mol. The number of benzene rings is 4. The summed E-state index contributed by atoms with van der Waals surface area (Å²) in [6.45, 7) is 4.43. The van der Waals surface area contributed by atoms with E-state index in [1.54, 1.807) is 6.33 Å². The number of H-pyrrole nitrogens is 1. The number of hydrogen-bond donors (Lipinski definition) is 3. The lowest BCUT2D eigenvalue weighted by atomic mass is 9.98. The largest absolute Gasteiger partial charge is 0.453 e. The molecule has 0 aliphatic carbocycles. The Kier molecular flexibility index (Phi) is 7.69. The zero-order valence-electron chi connectivity index (χ0n) is 25.9. The van der Waals surface area contributed by atoms with Crippen molar-refractivity contribution in [3.05, 3.63) is 91.0 Å². The fourth-order valence-electron chi connectivity index (χ4n) is 6.38. The standard InChI is InChI=1S/C36H35N7O3/c1-21(2)32(42-36(45)46-3)35(44)43-17-7-10-30(43)33-40-27-15-12-23(19-29(27)41-33)22-11-14-26-24(18-22)13-16-28-31(26)34(38-20-37-28)39-25-8-5-4-6-9-25/h4-6,8-9,11-16,18-21,30,32H,7,10,17H2,1-3H3,(H,40,41)(H,42,45)(H,37,38,39)/t30-,32-/m0/s1. The summed E-state index contributed by atoms with van der Waals surface area (Å²) < 4.78 is 4.76. The molecule has 0 radical (unpaired) electrons. The van der Waals surface area contributed by atoms with Crippen molar-refractivity contribution in [1.29, 1.82) is 0 Å². The van der Waals surface area contributed by atoms with Crippen molar-refractivity contribution in [2.24, 2.45) is 5.92 Å². The molecule has 1 fully saturated rings. The second-order valence-corrected chi connectivity index (χ2v) is 12.0. The zero-order chi connectivity index (χ0) is 31.8. The van der Waals surface area contributed by atoms with Crippen LogP contribution in [0.1, 0.15) is 38.6 Å². The molecule has 10 heteroatoms. The number of imidazole rings is 1. The average Bonchev–Trinajstić information content (AvgIpc) is 3.74. The van der Waals surface area contributed by atoms with Crippen molar-refractivity contribution < 1.29 is 14.3 Å². The van der Waals surface area contributed by atoms with Crippen molar-refractivity contribution in [1.82, 2.24) is 30.2 Å². The first kappa shape index (κ1) is 29.2. The van der Waals surface area contributed by atoms with Crippen molar-refractivity contribution in [3.8, 4) is 11.1 Å². The maximum atomic E-state index is 13.6. The minimum Gasteiger partial charge on any atom is -0.453 e. The van der Waals surface area contributed by atoms with Gasteiger partial charge in [0.1, 0.15) is 24.0 Å². The number of amides is 2. The topological polar surface area (TPSA) is 125 Å². The van der Waals surface area contributed by atoms with Crippen LogP contribution in [0.2, 0.25) is 0 Å². The molecule has 10 nitrogen and oxygen atoms in total. The third-order valence-corrected chi connectivity index (χ3v) is 8.73. The second kappa shape index (κ2) is 12.1. The number of likely N-dealkylation sites (tertiary alicyclic amines) is 1. The van der Waals surface area contributed by atoms with Gasteiger partial charge in [0.25, 0.3) is 0 Å². The molecule has 4 aromatic carbocycles. The molecule has 46 heavy (non-hydrogen) atoms. The van der Waals surface area contributed by atoms with E-state index in [1.807, 2.05) is 61.2 Å². The summed E-state index contributed by atoms with van der Waals surface area (Å²) in [5, 5.41) is 9.29. The van der Waals surface area contributed by atoms with E-state index in [2.05, 4.69) is 62.0 Å². The number of methoxy groups -OCH3 is 1. The predicted octanol–water partition coefficient (Wildman–Crippen LogP) is 7.11. The van der Waals surface area contributed by atoms with Crippen LogP contribution < -0.4 is 10.6 Å². The Hall–Kier alpha value is -5.51. The number of alkyl carbamates (subject to hydrolysis) is 1. The van der Waals surface area contributed by atoms with Gasteiger partial charge in [-0.2, -0.15) is 0 Å². The Bertz CT molecular complexity index is 2080. The van der Waals surface area contributed by atoms with Crippen molar-refractivity contribution in [2.45, 2.75) is 38.8 Å². The minimum atomic E-state index is -0.675. The minimum absolute atomic E-state index is 0.0923. The molecule has 2 aromatic heterocycles. The van der Waals surface area contributed by atoms with Gasteiger partial charge >= 0.3 is 6.09 Å². The van der Waals surface area contributed by atoms with E-state index in [-0.39, 0.29) is 17.9 Å². The molecule has 1 saturated heterocycles. The molecule has 1 aliphatic heterocycles. The molecule has 0 saturated carbocycles. The summed E-state index contributed by atoms with van der Waals surface area (Å²) in [6, 6.07) is 25.9. The summed E-state index contributed by atoms with van der Waals surface area (Å²) in [5.74, 6) is 1.30. The van der Waals surface area contributed by atoms with Crippen LogP contribution in [0.3, 0.4) is 0 Å². The smallest absolute Gasteiger partial charge is 0.407 e. The summed E-state index contributed by atoms with van der Waals surface area (Å²) >= 11 is 0. The van der Waals surface area contributed by atoms with Crippen LogP contribution in [-0.2, 0) is 9.53 Å². The van der Waals surface area contributed by atoms with Crippen molar-refractivity contribution >= 4 is 56.2 Å². The molecule has 1 aliphatic rings. The molecular weight excluding hydrogens is 578 g/mol. The highest BCUT2D eigenvalue weighted by Crippen LogP contribution is 2.36. The van der Waals surface area contributed by atoms with Crippen LogP contribution >= 0.6 is 0 Å². The van der Waals surface area contributed by atoms with E-state index in [1.165, 1.54) is 7.11 Å². The van der Waals surface area contributed by atoms with E-state index in [0.29, 0.717) is 6.54 Å². The van der Waals surface area contributed by atoms with Crippen LogP contribution in [0.15, 0.2) is 85.2 Å². The van der Waals surface area contributed by atoms with Gasteiger partial charge in [0, 0.05) is 12.2 Å². The first-order chi connectivity index (χ1) is 22.4. The molecule has 0 spiro atoms. The maximum absolute atomic E-state index is 13.6. The summed E-state index contributed by atoms with van der Waals surface area (Å²) in [4.78, 5) is 44.8. The highest BCUT2D eigenvalue weighted by atomic mass is 16.5. The monoisotopic (exact) mass is 613 g/mol. The number of nitrogens with one attached hydrogen (secondary N) is 3. The Balaban J connectivity index is 1.19. The number of aromatic nitrogens is 4. The van der Waals surface area contributed by atoms with Crippen molar-refractivity contribution in [3.63, 3.8) is 0 Å². The fourth-order valence-corrected chi connectivity index (χ4v) is 6.38. The lowest BCUT2D eigenvalue weighted by Gasteiger charge is -2.29. The molecule has 7 rings (SSSR count). The zero-order valence-corrected chi connectivity index (χ0v) is 25.9. The van der Waals surface area contributed by atoms with Gasteiger partial charge in [-0.3, -0.25) is 4.79 Å². The van der Waals surface area contributed by atoms with Crippen molar-refractivity contribution in [2.75, 3.05) is 19.0 Å². The first-order valence-corrected chi connectivity index (χ1v) is 15.5. The summed E-state index contributed by atoms with van der Waals surface area (Å²) in [7, 11) is 1.30. The number of aromatic amines is 1. The number of para-hydroxylation sites is 1. The van der Waals surface area contributed by atoms with E-state index in [4.69, 9.17) is 9.72 Å². The van der Waals surface area contributed by atoms with Gasteiger partial charge < -0.3 is 25.3 Å². The third-order valence-electron chi connectivity index (χ3n) is 8.73. The van der Waals surface area contributed by atoms with Gasteiger partial charge in [-0.15, -0.1) is 0 Å². The molecular formula is C36H35N7O3. The van der Waals surface area contributed by atoms with E-state index < -0.39 is 12.1 Å².